The zero-order valence-corrected chi connectivity index (χ0v) is 9.63. The highest BCUT2D eigenvalue weighted by atomic mass is 16.6. The van der Waals surface area contributed by atoms with Crippen molar-refractivity contribution < 1.29 is 4.92 Å². The van der Waals surface area contributed by atoms with Crippen molar-refractivity contribution in [1.29, 1.82) is 0 Å². The van der Waals surface area contributed by atoms with Gasteiger partial charge in [-0.3, -0.25) is 10.1 Å². The Morgan fingerprint density at radius 2 is 2.29 bits per heavy atom. The lowest BCUT2D eigenvalue weighted by atomic mass is 9.94. The number of hydrogen-bond donors (Lipinski definition) is 1. The monoisotopic (exact) mass is 232 g/mol. The lowest BCUT2D eigenvalue weighted by molar-refractivity contribution is -0.384. The number of nitro benzene ring substituents is 1. The van der Waals surface area contributed by atoms with Gasteiger partial charge in [-0.1, -0.05) is 18.2 Å². The molecule has 0 fully saturated rings. The van der Waals surface area contributed by atoms with Crippen LogP contribution in [0.15, 0.2) is 36.4 Å². The third kappa shape index (κ3) is 3.31. The number of allylic oxidation sites excluding steroid dienone is 2. The molecule has 1 aromatic carbocycles. The summed E-state index contributed by atoms with van der Waals surface area (Å²) < 4.78 is 0. The molecule has 4 heteroatoms. The molecule has 0 saturated carbocycles. The van der Waals surface area contributed by atoms with E-state index in [4.69, 9.17) is 0 Å². The Bertz CT molecular complexity index is 429. The van der Waals surface area contributed by atoms with Crippen LogP contribution in [0.1, 0.15) is 19.3 Å². The summed E-state index contributed by atoms with van der Waals surface area (Å²) in [5.41, 5.74) is 0.965. The van der Waals surface area contributed by atoms with Gasteiger partial charge >= 0.3 is 0 Å². The summed E-state index contributed by atoms with van der Waals surface area (Å²) in [6, 6.07) is 6.67. The van der Waals surface area contributed by atoms with Crippen LogP contribution in [0.2, 0.25) is 0 Å². The molecule has 0 amide bonds. The molecule has 90 valence electrons. The Morgan fingerprint density at radius 1 is 1.41 bits per heavy atom. The van der Waals surface area contributed by atoms with Crippen molar-refractivity contribution in [1.82, 2.24) is 0 Å². The van der Waals surface area contributed by atoms with Crippen LogP contribution in [0.25, 0.3) is 0 Å². The SMILES string of the molecule is O=[N+]([O-])c1cccc(NCC2CC=CCC2)c1. The molecule has 0 aromatic heterocycles. The molecule has 1 unspecified atom stereocenters. The van der Waals surface area contributed by atoms with Crippen LogP contribution in [0.4, 0.5) is 11.4 Å². The van der Waals surface area contributed by atoms with E-state index in [2.05, 4.69) is 17.5 Å². The number of nitro groups is 1. The third-order valence-electron chi connectivity index (χ3n) is 3.03. The zero-order chi connectivity index (χ0) is 12.1. The minimum absolute atomic E-state index is 0.138. The quantitative estimate of drug-likeness (QED) is 0.492. The topological polar surface area (TPSA) is 55.2 Å². The fourth-order valence-corrected chi connectivity index (χ4v) is 2.03. The predicted octanol–water partition coefficient (Wildman–Crippen LogP) is 3.36. The summed E-state index contributed by atoms with van der Waals surface area (Å²) in [7, 11) is 0. The Balaban J connectivity index is 1.92. The first-order chi connectivity index (χ1) is 8.25. The number of non-ortho nitro benzene ring substituents is 1. The average Bonchev–Trinajstić information content (AvgIpc) is 2.38. The van der Waals surface area contributed by atoms with E-state index < -0.39 is 0 Å². The first kappa shape index (κ1) is 11.6. The molecule has 1 aliphatic rings. The second kappa shape index (κ2) is 5.48. The smallest absolute Gasteiger partial charge is 0.271 e. The maximum Gasteiger partial charge on any atom is 0.271 e. The van der Waals surface area contributed by atoms with E-state index >= 15 is 0 Å². The number of nitrogens with zero attached hydrogens (tertiary/aromatic N) is 1. The summed E-state index contributed by atoms with van der Waals surface area (Å²) in [5.74, 6) is 0.638. The van der Waals surface area contributed by atoms with Crippen LogP contribution in [-0.4, -0.2) is 11.5 Å². The predicted molar refractivity (Wildman–Crippen MR) is 68.1 cm³/mol. The number of hydrogen-bond acceptors (Lipinski definition) is 3. The molecule has 17 heavy (non-hydrogen) atoms. The van der Waals surface area contributed by atoms with E-state index in [1.807, 2.05) is 6.07 Å². The fraction of sp³-hybridized carbons (Fsp3) is 0.385. The van der Waals surface area contributed by atoms with Crippen molar-refractivity contribution in [3.63, 3.8) is 0 Å². The van der Waals surface area contributed by atoms with Crippen molar-refractivity contribution in [2.24, 2.45) is 5.92 Å². The lowest BCUT2D eigenvalue weighted by Gasteiger charge is -2.18. The summed E-state index contributed by atoms with van der Waals surface area (Å²) in [6.07, 6.45) is 7.86. The van der Waals surface area contributed by atoms with Gasteiger partial charge in [0.15, 0.2) is 0 Å². The summed E-state index contributed by atoms with van der Waals surface area (Å²) in [5, 5.41) is 13.9. The van der Waals surface area contributed by atoms with Crippen LogP contribution >= 0.6 is 0 Å². The van der Waals surface area contributed by atoms with Crippen molar-refractivity contribution in [3.8, 4) is 0 Å². The maximum atomic E-state index is 10.6. The minimum Gasteiger partial charge on any atom is -0.385 e. The van der Waals surface area contributed by atoms with Gasteiger partial charge in [-0.05, 0) is 31.2 Å². The van der Waals surface area contributed by atoms with Gasteiger partial charge in [0.25, 0.3) is 5.69 Å². The van der Waals surface area contributed by atoms with E-state index in [0.29, 0.717) is 5.92 Å². The van der Waals surface area contributed by atoms with Gasteiger partial charge in [0.05, 0.1) is 4.92 Å². The normalized spacial score (nSPS) is 18.9. The first-order valence-corrected chi connectivity index (χ1v) is 5.89. The standard InChI is InChI=1S/C13H16N2O2/c16-15(17)13-8-4-7-12(9-13)14-10-11-5-2-1-3-6-11/h1-2,4,7-9,11,14H,3,5-6,10H2. The summed E-state index contributed by atoms with van der Waals surface area (Å²) in [6.45, 7) is 0.880. The molecule has 0 radical (unpaired) electrons. The molecular weight excluding hydrogens is 216 g/mol. The molecule has 1 aliphatic carbocycles. The minimum atomic E-state index is -0.367. The molecule has 1 atom stereocenters. The highest BCUT2D eigenvalue weighted by molar-refractivity contribution is 5.50. The first-order valence-electron chi connectivity index (χ1n) is 5.89. The lowest BCUT2D eigenvalue weighted by Crippen LogP contribution is -2.15. The molecule has 0 spiro atoms. The Hall–Kier alpha value is -1.84. The van der Waals surface area contributed by atoms with Gasteiger partial charge in [-0.25, -0.2) is 0 Å². The number of benzene rings is 1. The van der Waals surface area contributed by atoms with Gasteiger partial charge in [-0.2, -0.15) is 0 Å². The molecule has 0 heterocycles. The largest absolute Gasteiger partial charge is 0.385 e. The van der Waals surface area contributed by atoms with Crippen LogP contribution in [-0.2, 0) is 0 Å². The van der Waals surface area contributed by atoms with Crippen LogP contribution < -0.4 is 5.32 Å². The van der Waals surface area contributed by atoms with Crippen LogP contribution in [0.3, 0.4) is 0 Å². The Morgan fingerprint density at radius 3 is 3.00 bits per heavy atom. The Labute approximate surface area is 100 Å². The van der Waals surface area contributed by atoms with Crippen molar-refractivity contribution in [3.05, 3.63) is 46.5 Å². The van der Waals surface area contributed by atoms with E-state index in [1.165, 1.54) is 12.5 Å². The van der Waals surface area contributed by atoms with Crippen LogP contribution in [0, 0.1) is 16.0 Å². The second-order valence-corrected chi connectivity index (χ2v) is 4.34. The molecule has 1 aromatic rings. The molecule has 0 aliphatic heterocycles. The number of anilines is 1. The molecule has 0 bridgehead atoms. The van der Waals surface area contributed by atoms with Gasteiger partial charge in [0.2, 0.25) is 0 Å². The highest BCUT2D eigenvalue weighted by Crippen LogP contribution is 2.21. The Kier molecular flexibility index (Phi) is 3.75. The number of rotatable bonds is 4. The maximum absolute atomic E-state index is 10.6. The summed E-state index contributed by atoms with van der Waals surface area (Å²) >= 11 is 0. The van der Waals surface area contributed by atoms with E-state index in [1.54, 1.807) is 12.1 Å². The van der Waals surface area contributed by atoms with Gasteiger partial charge in [-0.15, -0.1) is 0 Å². The van der Waals surface area contributed by atoms with Gasteiger partial charge in [0.1, 0.15) is 0 Å². The average molecular weight is 232 g/mol. The van der Waals surface area contributed by atoms with Crippen molar-refractivity contribution >= 4 is 11.4 Å². The second-order valence-electron chi connectivity index (χ2n) is 4.34. The molecular formula is C13H16N2O2. The van der Waals surface area contributed by atoms with E-state index in [9.17, 15) is 10.1 Å². The fourth-order valence-electron chi connectivity index (χ4n) is 2.03. The zero-order valence-electron chi connectivity index (χ0n) is 9.63. The number of nitrogens with one attached hydrogen (secondary N) is 1. The van der Waals surface area contributed by atoms with Gasteiger partial charge in [0, 0.05) is 24.4 Å². The van der Waals surface area contributed by atoms with E-state index in [-0.39, 0.29) is 10.6 Å². The molecule has 1 N–H and O–H groups in total. The molecule has 2 rings (SSSR count). The molecule has 0 saturated heterocycles. The van der Waals surface area contributed by atoms with Crippen molar-refractivity contribution in [2.45, 2.75) is 19.3 Å². The van der Waals surface area contributed by atoms with Gasteiger partial charge < -0.3 is 5.32 Å². The molecule has 4 nitrogen and oxygen atoms in total. The summed E-state index contributed by atoms with van der Waals surface area (Å²) in [4.78, 5) is 10.3. The van der Waals surface area contributed by atoms with Crippen LogP contribution in [0.5, 0.6) is 0 Å². The third-order valence-corrected chi connectivity index (χ3v) is 3.03. The van der Waals surface area contributed by atoms with E-state index in [0.717, 1.165) is 25.1 Å². The van der Waals surface area contributed by atoms with Crippen molar-refractivity contribution in [2.75, 3.05) is 11.9 Å². The highest BCUT2D eigenvalue weighted by Gasteiger charge is 2.10.